The number of ether oxygens (including phenoxy) is 1. The zero-order chi connectivity index (χ0) is 15.4. The highest BCUT2D eigenvalue weighted by Crippen LogP contribution is 2.28. The molecule has 2 unspecified atom stereocenters. The topological polar surface area (TPSA) is 46.5 Å². The van der Waals surface area contributed by atoms with Gasteiger partial charge in [0, 0.05) is 6.61 Å². The second-order valence-corrected chi connectivity index (χ2v) is 5.84. The molecule has 1 N–H and O–H groups in total. The van der Waals surface area contributed by atoms with Gasteiger partial charge in [0.05, 0.1) is 0 Å². The summed E-state index contributed by atoms with van der Waals surface area (Å²) in [4.78, 5) is 12.2. The van der Waals surface area contributed by atoms with Crippen LogP contribution in [0.4, 0.5) is 0 Å². The summed E-state index contributed by atoms with van der Waals surface area (Å²) in [5, 5.41) is 10.6. The summed E-state index contributed by atoms with van der Waals surface area (Å²) in [6.07, 6.45) is 7.71. The smallest absolute Gasteiger partial charge is 0.189 e. The van der Waals surface area contributed by atoms with E-state index >= 15 is 0 Å². The minimum Gasteiger partial charge on any atom is -0.382 e. The third-order valence-electron chi connectivity index (χ3n) is 4.11. The van der Waals surface area contributed by atoms with Crippen molar-refractivity contribution in [2.75, 3.05) is 13.2 Å². The van der Waals surface area contributed by atoms with Crippen molar-refractivity contribution in [3.05, 3.63) is 0 Å². The fourth-order valence-electron chi connectivity index (χ4n) is 2.51. The van der Waals surface area contributed by atoms with E-state index in [1.165, 1.54) is 19.3 Å². The molecule has 0 heterocycles. The minimum absolute atomic E-state index is 0.0452. The number of rotatable bonds is 13. The molecule has 0 aromatic heterocycles. The molecule has 0 saturated heterocycles. The molecule has 0 saturated carbocycles. The molecule has 0 aromatic rings. The van der Waals surface area contributed by atoms with Crippen molar-refractivity contribution < 1.29 is 14.6 Å². The molecule has 0 spiro atoms. The van der Waals surface area contributed by atoms with E-state index in [1.54, 1.807) is 0 Å². The summed E-state index contributed by atoms with van der Waals surface area (Å²) >= 11 is 0. The van der Waals surface area contributed by atoms with Crippen LogP contribution in [0.3, 0.4) is 0 Å². The van der Waals surface area contributed by atoms with Gasteiger partial charge >= 0.3 is 0 Å². The lowest BCUT2D eigenvalue weighted by molar-refractivity contribution is -0.144. The predicted octanol–water partition coefficient (Wildman–Crippen LogP) is 4.12. The Bertz CT molecular complexity index is 253. The highest BCUT2D eigenvalue weighted by atomic mass is 16.5. The third kappa shape index (κ3) is 7.39. The molecule has 0 radical (unpaired) electrons. The Morgan fingerprint density at radius 2 is 1.85 bits per heavy atom. The maximum absolute atomic E-state index is 12.2. The summed E-state index contributed by atoms with van der Waals surface area (Å²) in [7, 11) is 0. The first-order chi connectivity index (χ1) is 9.53. The highest BCUT2D eigenvalue weighted by Gasteiger charge is 2.35. The van der Waals surface area contributed by atoms with Crippen molar-refractivity contribution in [3.8, 4) is 0 Å². The number of carbonyl (C=O) groups is 1. The molecule has 0 aromatic carbocycles. The zero-order valence-corrected chi connectivity index (χ0v) is 13.9. The van der Waals surface area contributed by atoms with Gasteiger partial charge in [0.25, 0.3) is 0 Å². The van der Waals surface area contributed by atoms with Crippen molar-refractivity contribution >= 4 is 5.78 Å². The molecule has 0 aliphatic carbocycles. The summed E-state index contributed by atoms with van der Waals surface area (Å²) < 4.78 is 5.30. The molecule has 0 fully saturated rings. The fourth-order valence-corrected chi connectivity index (χ4v) is 2.51. The number of hydrogen-bond acceptors (Lipinski definition) is 3. The van der Waals surface area contributed by atoms with Gasteiger partial charge in [0.1, 0.15) is 12.2 Å². The summed E-state index contributed by atoms with van der Waals surface area (Å²) in [5.41, 5.74) is -1.19. The Balaban J connectivity index is 4.40. The lowest BCUT2D eigenvalue weighted by Gasteiger charge is -2.29. The van der Waals surface area contributed by atoms with Crippen LogP contribution in [0.5, 0.6) is 0 Å². The van der Waals surface area contributed by atoms with Crippen LogP contribution >= 0.6 is 0 Å². The molecule has 0 aliphatic heterocycles. The monoisotopic (exact) mass is 286 g/mol. The number of Topliss-reactive ketones (excluding diaryl/α,β-unsaturated/α-hetero) is 1. The lowest BCUT2D eigenvalue weighted by atomic mass is 9.81. The van der Waals surface area contributed by atoms with Crippen LogP contribution in [0.25, 0.3) is 0 Å². The highest BCUT2D eigenvalue weighted by molar-refractivity contribution is 5.88. The lowest BCUT2D eigenvalue weighted by Crippen LogP contribution is -2.42. The van der Waals surface area contributed by atoms with Crippen LogP contribution in [0.2, 0.25) is 0 Å². The van der Waals surface area contributed by atoms with E-state index in [-0.39, 0.29) is 12.4 Å². The molecule has 0 rings (SSSR count). The van der Waals surface area contributed by atoms with Crippen LogP contribution in [0.15, 0.2) is 0 Å². The summed E-state index contributed by atoms with van der Waals surface area (Å²) in [6.45, 7) is 8.86. The molecule has 120 valence electrons. The zero-order valence-electron chi connectivity index (χ0n) is 13.9. The maximum atomic E-state index is 12.2. The molecule has 3 heteroatoms. The Morgan fingerprint density at radius 1 is 1.15 bits per heavy atom. The number of ketones is 1. The number of aliphatic hydroxyl groups is 1. The quantitative estimate of drug-likeness (QED) is 0.518. The number of hydrogen-bond donors (Lipinski definition) is 1. The molecule has 20 heavy (non-hydrogen) atoms. The average Bonchev–Trinajstić information content (AvgIpc) is 2.46. The normalized spacial score (nSPS) is 15.8. The summed E-state index contributed by atoms with van der Waals surface area (Å²) in [6, 6.07) is 0. The van der Waals surface area contributed by atoms with Crippen LogP contribution in [-0.2, 0) is 9.53 Å². The summed E-state index contributed by atoms with van der Waals surface area (Å²) in [5.74, 6) is 0.281. The van der Waals surface area contributed by atoms with Gasteiger partial charge in [0.15, 0.2) is 5.78 Å². The van der Waals surface area contributed by atoms with E-state index in [9.17, 15) is 9.90 Å². The molecule has 0 amide bonds. The number of carbonyl (C=O) groups excluding carboxylic acids is 1. The van der Waals surface area contributed by atoms with Gasteiger partial charge in [-0.1, -0.05) is 59.8 Å². The molecule has 0 aliphatic rings. The van der Waals surface area contributed by atoms with E-state index in [0.717, 1.165) is 19.3 Å². The van der Waals surface area contributed by atoms with Crippen molar-refractivity contribution in [2.45, 2.75) is 84.7 Å². The Morgan fingerprint density at radius 3 is 2.35 bits per heavy atom. The maximum Gasteiger partial charge on any atom is 0.189 e. The van der Waals surface area contributed by atoms with E-state index in [0.29, 0.717) is 25.4 Å². The predicted molar refractivity (Wildman–Crippen MR) is 83.9 cm³/mol. The number of unbranched alkanes of at least 4 members (excludes halogenated alkanes) is 2. The van der Waals surface area contributed by atoms with Crippen LogP contribution < -0.4 is 0 Å². The van der Waals surface area contributed by atoms with Gasteiger partial charge in [-0.25, -0.2) is 0 Å². The van der Waals surface area contributed by atoms with E-state index < -0.39 is 5.60 Å². The van der Waals surface area contributed by atoms with Crippen molar-refractivity contribution in [2.24, 2.45) is 5.92 Å². The van der Waals surface area contributed by atoms with Gasteiger partial charge < -0.3 is 9.84 Å². The van der Waals surface area contributed by atoms with Gasteiger partial charge in [-0.2, -0.15) is 0 Å². The van der Waals surface area contributed by atoms with Crippen molar-refractivity contribution in [1.29, 1.82) is 0 Å². The standard InChI is InChI=1S/C17H34O3/c1-5-9-10-11-15(7-3)13-17(19,8-4)16(18)14-20-12-6-2/h15,19H,5-14H2,1-4H3. The second kappa shape index (κ2) is 11.3. The van der Waals surface area contributed by atoms with Gasteiger partial charge in [0.2, 0.25) is 0 Å². The van der Waals surface area contributed by atoms with Crippen molar-refractivity contribution in [1.82, 2.24) is 0 Å². The van der Waals surface area contributed by atoms with E-state index in [4.69, 9.17) is 4.74 Å². The van der Waals surface area contributed by atoms with E-state index in [1.807, 2.05) is 13.8 Å². The molecular formula is C17H34O3. The van der Waals surface area contributed by atoms with E-state index in [2.05, 4.69) is 13.8 Å². The average molecular weight is 286 g/mol. The third-order valence-corrected chi connectivity index (χ3v) is 4.11. The van der Waals surface area contributed by atoms with Crippen LogP contribution in [0, 0.1) is 5.92 Å². The van der Waals surface area contributed by atoms with Gasteiger partial charge in [-0.05, 0) is 25.2 Å². The Hall–Kier alpha value is -0.410. The van der Waals surface area contributed by atoms with Crippen LogP contribution in [0.1, 0.15) is 79.1 Å². The molecule has 3 nitrogen and oxygen atoms in total. The SMILES string of the molecule is CCCCCC(CC)CC(O)(CC)C(=O)COCCC. The first kappa shape index (κ1) is 19.6. The Kier molecular flexibility index (Phi) is 11.0. The largest absolute Gasteiger partial charge is 0.382 e. The van der Waals surface area contributed by atoms with Crippen molar-refractivity contribution in [3.63, 3.8) is 0 Å². The molecular weight excluding hydrogens is 252 g/mol. The second-order valence-electron chi connectivity index (χ2n) is 5.84. The Labute approximate surface area is 125 Å². The first-order valence-electron chi connectivity index (χ1n) is 8.37. The molecule has 0 bridgehead atoms. The van der Waals surface area contributed by atoms with Crippen LogP contribution in [-0.4, -0.2) is 29.7 Å². The fraction of sp³-hybridized carbons (Fsp3) is 0.941. The molecule has 2 atom stereocenters. The van der Waals surface area contributed by atoms with Gasteiger partial charge in [-0.3, -0.25) is 4.79 Å². The first-order valence-corrected chi connectivity index (χ1v) is 8.37. The minimum atomic E-state index is -1.19. The van der Waals surface area contributed by atoms with Gasteiger partial charge in [-0.15, -0.1) is 0 Å².